The Bertz CT molecular complexity index is 538. The number of aromatic nitrogens is 1. The molecule has 0 saturated carbocycles. The lowest BCUT2D eigenvalue weighted by atomic mass is 10.2. The summed E-state index contributed by atoms with van der Waals surface area (Å²) in [6.45, 7) is 5.78. The lowest BCUT2D eigenvalue weighted by Crippen LogP contribution is -2.53. The Kier molecular flexibility index (Phi) is 5.19. The summed E-state index contributed by atoms with van der Waals surface area (Å²) in [5.74, 6) is 0.124. The Labute approximate surface area is 135 Å². The van der Waals surface area contributed by atoms with Crippen LogP contribution >= 0.6 is 0 Å². The van der Waals surface area contributed by atoms with Crippen molar-refractivity contribution in [1.29, 1.82) is 0 Å². The number of amides is 2. The highest BCUT2D eigenvalue weighted by Crippen LogP contribution is 2.09. The third-order valence-corrected chi connectivity index (χ3v) is 4.29. The molecule has 0 radical (unpaired) electrons. The molecule has 23 heavy (non-hydrogen) atoms. The maximum absolute atomic E-state index is 12.4. The molecule has 3 rings (SSSR count). The summed E-state index contributed by atoms with van der Waals surface area (Å²) < 4.78 is 5.29. The minimum atomic E-state index is -0.0154. The van der Waals surface area contributed by atoms with Gasteiger partial charge in [0, 0.05) is 51.7 Å². The number of carbonyl (C=O) groups excluding carboxylic acids is 2. The molecule has 0 aliphatic carbocycles. The van der Waals surface area contributed by atoms with Crippen LogP contribution in [0.4, 0.5) is 0 Å². The van der Waals surface area contributed by atoms with Gasteiger partial charge in [0.15, 0.2) is 0 Å². The van der Waals surface area contributed by atoms with Gasteiger partial charge in [-0.05, 0) is 12.1 Å². The second-order valence-electron chi connectivity index (χ2n) is 5.80. The summed E-state index contributed by atoms with van der Waals surface area (Å²) in [6.07, 6.45) is 3.23. The van der Waals surface area contributed by atoms with Crippen LogP contribution in [0, 0.1) is 0 Å². The van der Waals surface area contributed by atoms with Crippen LogP contribution in [0.3, 0.4) is 0 Å². The maximum atomic E-state index is 12.4. The van der Waals surface area contributed by atoms with E-state index in [0.29, 0.717) is 51.5 Å². The molecule has 2 fully saturated rings. The predicted octanol–water partition coefficient (Wildman–Crippen LogP) is -0.302. The van der Waals surface area contributed by atoms with Crippen LogP contribution in [0.1, 0.15) is 10.4 Å². The molecule has 1 aromatic heterocycles. The largest absolute Gasteiger partial charge is 0.379 e. The predicted molar refractivity (Wildman–Crippen MR) is 84.0 cm³/mol. The van der Waals surface area contributed by atoms with E-state index in [1.165, 1.54) is 0 Å². The molecule has 0 unspecified atom stereocenters. The number of piperazine rings is 1. The van der Waals surface area contributed by atoms with Gasteiger partial charge in [-0.25, -0.2) is 0 Å². The van der Waals surface area contributed by atoms with Gasteiger partial charge >= 0.3 is 0 Å². The lowest BCUT2D eigenvalue weighted by molar-refractivity contribution is -0.134. The van der Waals surface area contributed by atoms with Gasteiger partial charge in [-0.3, -0.25) is 19.5 Å². The molecule has 0 atom stereocenters. The number of hydrogen-bond acceptors (Lipinski definition) is 5. The fourth-order valence-corrected chi connectivity index (χ4v) is 2.88. The molecular weight excluding hydrogens is 296 g/mol. The Morgan fingerprint density at radius 2 is 1.74 bits per heavy atom. The van der Waals surface area contributed by atoms with Crippen LogP contribution in [0.25, 0.3) is 0 Å². The zero-order valence-electron chi connectivity index (χ0n) is 13.2. The smallest absolute Gasteiger partial charge is 0.255 e. The van der Waals surface area contributed by atoms with Gasteiger partial charge in [0.25, 0.3) is 5.91 Å². The van der Waals surface area contributed by atoms with Gasteiger partial charge in [0.05, 0.1) is 25.3 Å². The molecule has 0 N–H and O–H groups in total. The van der Waals surface area contributed by atoms with E-state index in [-0.39, 0.29) is 11.8 Å². The first-order valence-electron chi connectivity index (χ1n) is 8.01. The Balaban J connectivity index is 1.48. The van der Waals surface area contributed by atoms with E-state index in [2.05, 4.69) is 9.88 Å². The number of carbonyl (C=O) groups is 2. The second-order valence-corrected chi connectivity index (χ2v) is 5.80. The second kappa shape index (κ2) is 7.52. The fourth-order valence-electron chi connectivity index (χ4n) is 2.88. The highest BCUT2D eigenvalue weighted by molar-refractivity contribution is 5.94. The molecule has 1 aromatic rings. The van der Waals surface area contributed by atoms with Crippen molar-refractivity contribution in [2.24, 2.45) is 0 Å². The molecule has 2 aliphatic rings. The van der Waals surface area contributed by atoms with Crippen molar-refractivity contribution in [2.45, 2.75) is 0 Å². The molecular formula is C16H22N4O3. The molecule has 2 aliphatic heterocycles. The average Bonchev–Trinajstić information content (AvgIpc) is 2.63. The third kappa shape index (κ3) is 4.05. The van der Waals surface area contributed by atoms with E-state index >= 15 is 0 Å². The molecule has 7 nitrogen and oxygen atoms in total. The van der Waals surface area contributed by atoms with Gasteiger partial charge < -0.3 is 14.5 Å². The first-order valence-corrected chi connectivity index (χ1v) is 8.01. The first kappa shape index (κ1) is 15.9. The number of nitrogens with zero attached hydrogens (tertiary/aromatic N) is 4. The highest BCUT2D eigenvalue weighted by atomic mass is 16.5. The summed E-state index contributed by atoms with van der Waals surface area (Å²) >= 11 is 0. The molecule has 0 bridgehead atoms. The number of hydrogen-bond donors (Lipinski definition) is 0. The van der Waals surface area contributed by atoms with Crippen molar-refractivity contribution in [3.05, 3.63) is 30.1 Å². The van der Waals surface area contributed by atoms with Gasteiger partial charge in [-0.1, -0.05) is 0 Å². The summed E-state index contributed by atoms with van der Waals surface area (Å²) in [4.78, 5) is 34.4. The van der Waals surface area contributed by atoms with Crippen molar-refractivity contribution in [1.82, 2.24) is 19.7 Å². The Morgan fingerprint density at radius 1 is 1.04 bits per heavy atom. The van der Waals surface area contributed by atoms with E-state index < -0.39 is 0 Å². The van der Waals surface area contributed by atoms with Gasteiger partial charge in [0.2, 0.25) is 5.91 Å². The maximum Gasteiger partial charge on any atom is 0.255 e. The normalized spacial score (nSPS) is 19.7. The van der Waals surface area contributed by atoms with E-state index in [4.69, 9.17) is 4.74 Å². The van der Waals surface area contributed by atoms with Crippen molar-refractivity contribution in [3.8, 4) is 0 Å². The van der Waals surface area contributed by atoms with Gasteiger partial charge in [0.1, 0.15) is 0 Å². The number of ether oxygens (including phenoxy) is 1. The van der Waals surface area contributed by atoms with Crippen molar-refractivity contribution in [2.75, 3.05) is 59.0 Å². The summed E-state index contributed by atoms with van der Waals surface area (Å²) in [5.41, 5.74) is 0.598. The molecule has 0 spiro atoms. The highest BCUT2D eigenvalue weighted by Gasteiger charge is 2.26. The van der Waals surface area contributed by atoms with E-state index in [9.17, 15) is 9.59 Å². The zero-order valence-corrected chi connectivity index (χ0v) is 13.2. The summed E-state index contributed by atoms with van der Waals surface area (Å²) in [5, 5.41) is 0. The molecule has 0 aromatic carbocycles. The third-order valence-electron chi connectivity index (χ3n) is 4.29. The number of pyridine rings is 1. The van der Waals surface area contributed by atoms with Crippen molar-refractivity contribution >= 4 is 11.8 Å². The molecule has 2 saturated heterocycles. The molecule has 124 valence electrons. The molecule has 2 amide bonds. The van der Waals surface area contributed by atoms with Crippen LogP contribution in [0.5, 0.6) is 0 Å². The van der Waals surface area contributed by atoms with Gasteiger partial charge in [-0.15, -0.1) is 0 Å². The first-order chi connectivity index (χ1) is 11.2. The summed E-state index contributed by atoms with van der Waals surface area (Å²) in [6, 6.07) is 3.53. The molecule has 7 heteroatoms. The van der Waals surface area contributed by atoms with Crippen LogP contribution < -0.4 is 0 Å². The van der Waals surface area contributed by atoms with E-state index in [1.54, 1.807) is 29.4 Å². The Morgan fingerprint density at radius 3 is 2.39 bits per heavy atom. The zero-order chi connectivity index (χ0) is 16.1. The average molecular weight is 318 g/mol. The van der Waals surface area contributed by atoms with E-state index in [0.717, 1.165) is 13.1 Å². The van der Waals surface area contributed by atoms with Crippen LogP contribution in [0.2, 0.25) is 0 Å². The van der Waals surface area contributed by atoms with Crippen LogP contribution in [-0.2, 0) is 9.53 Å². The standard InChI is InChI=1S/C16H22N4O3/c21-15(13-18-8-10-23-11-9-18)19-4-6-20(7-5-19)16(22)14-2-1-3-17-12-14/h1-3,12H,4-11,13H2. The Hall–Kier alpha value is -1.99. The van der Waals surface area contributed by atoms with Crippen molar-refractivity contribution < 1.29 is 14.3 Å². The summed E-state index contributed by atoms with van der Waals surface area (Å²) in [7, 11) is 0. The number of rotatable bonds is 3. The van der Waals surface area contributed by atoms with Gasteiger partial charge in [-0.2, -0.15) is 0 Å². The fraction of sp³-hybridized carbons (Fsp3) is 0.562. The minimum Gasteiger partial charge on any atom is -0.379 e. The lowest BCUT2D eigenvalue weighted by Gasteiger charge is -2.36. The SMILES string of the molecule is O=C(CN1CCOCC1)N1CCN(C(=O)c2cccnc2)CC1. The van der Waals surface area contributed by atoms with Crippen LogP contribution in [-0.4, -0.2) is 90.5 Å². The molecule has 3 heterocycles. The monoisotopic (exact) mass is 318 g/mol. The van der Waals surface area contributed by atoms with Crippen LogP contribution in [0.15, 0.2) is 24.5 Å². The number of morpholine rings is 1. The quantitative estimate of drug-likeness (QED) is 0.765. The van der Waals surface area contributed by atoms with Crippen molar-refractivity contribution in [3.63, 3.8) is 0 Å². The minimum absolute atomic E-state index is 0.0154. The topological polar surface area (TPSA) is 66.0 Å². The van der Waals surface area contributed by atoms with E-state index in [1.807, 2.05) is 4.90 Å².